The first-order valence-electron chi connectivity index (χ1n) is 4.96. The fourth-order valence-corrected chi connectivity index (χ4v) is 3.40. The molecule has 1 aromatic carbocycles. The number of rotatable bonds is 4. The molecule has 1 rings (SSSR count). The van der Waals surface area contributed by atoms with Gasteiger partial charge in [0, 0.05) is 6.54 Å². The lowest BCUT2D eigenvalue weighted by Crippen LogP contribution is -2.26. The molecule has 0 bridgehead atoms. The average Bonchev–Trinajstić information content (AvgIpc) is 2.14. The van der Waals surface area contributed by atoms with Crippen LogP contribution in [0.4, 0.5) is 4.39 Å². The average molecular weight is 245 g/mol. The molecule has 0 aliphatic rings. The summed E-state index contributed by atoms with van der Waals surface area (Å²) in [4.78, 5) is 0.128. The van der Waals surface area contributed by atoms with E-state index in [1.807, 2.05) is 0 Å². The van der Waals surface area contributed by atoms with Crippen LogP contribution in [0.25, 0.3) is 0 Å². The number of alkyl halides is 1. The van der Waals surface area contributed by atoms with E-state index in [0.29, 0.717) is 5.56 Å². The lowest BCUT2D eigenvalue weighted by atomic mass is 10.2. The number of nitrogens with two attached hydrogens (primary N) is 1. The standard InChI is InChI=1S/C11H16FNO2S/c1-11(2,12)8-16(14,15)10-6-4-3-5-9(10)7-13/h3-6H,7-8,13H2,1-2H3. The van der Waals surface area contributed by atoms with Crippen LogP contribution < -0.4 is 5.73 Å². The van der Waals surface area contributed by atoms with E-state index in [2.05, 4.69) is 0 Å². The van der Waals surface area contributed by atoms with Gasteiger partial charge in [-0.25, -0.2) is 12.8 Å². The second-order valence-electron chi connectivity index (χ2n) is 4.29. The van der Waals surface area contributed by atoms with Crippen molar-refractivity contribution in [2.45, 2.75) is 31.0 Å². The summed E-state index contributed by atoms with van der Waals surface area (Å²) in [7, 11) is -3.62. The smallest absolute Gasteiger partial charge is 0.181 e. The fourth-order valence-electron chi connectivity index (χ4n) is 1.51. The summed E-state index contributed by atoms with van der Waals surface area (Å²) in [5.41, 5.74) is 4.22. The quantitative estimate of drug-likeness (QED) is 0.877. The van der Waals surface area contributed by atoms with Gasteiger partial charge < -0.3 is 5.73 Å². The molecule has 90 valence electrons. The summed E-state index contributed by atoms with van der Waals surface area (Å²) in [5.74, 6) is -0.531. The van der Waals surface area contributed by atoms with Gasteiger partial charge in [0.15, 0.2) is 9.84 Å². The van der Waals surface area contributed by atoms with E-state index < -0.39 is 21.3 Å². The van der Waals surface area contributed by atoms with E-state index in [0.717, 1.165) is 0 Å². The van der Waals surface area contributed by atoms with Crippen LogP contribution in [-0.4, -0.2) is 19.8 Å². The van der Waals surface area contributed by atoms with Gasteiger partial charge in [0.25, 0.3) is 0 Å². The van der Waals surface area contributed by atoms with E-state index in [1.165, 1.54) is 19.9 Å². The van der Waals surface area contributed by atoms with Crippen molar-refractivity contribution in [3.8, 4) is 0 Å². The van der Waals surface area contributed by atoms with Crippen LogP contribution in [0.15, 0.2) is 29.2 Å². The van der Waals surface area contributed by atoms with E-state index in [9.17, 15) is 12.8 Å². The van der Waals surface area contributed by atoms with Crippen molar-refractivity contribution in [2.75, 3.05) is 5.75 Å². The molecular weight excluding hydrogens is 229 g/mol. The number of benzene rings is 1. The molecule has 0 unspecified atom stereocenters. The Hall–Kier alpha value is -0.940. The topological polar surface area (TPSA) is 60.2 Å². The third-order valence-electron chi connectivity index (χ3n) is 2.06. The third kappa shape index (κ3) is 3.28. The molecular formula is C11H16FNO2S. The van der Waals surface area contributed by atoms with Crippen LogP contribution >= 0.6 is 0 Å². The SMILES string of the molecule is CC(C)(F)CS(=O)(=O)c1ccccc1CN. The lowest BCUT2D eigenvalue weighted by molar-refractivity contribution is 0.249. The highest BCUT2D eigenvalue weighted by Gasteiger charge is 2.28. The highest BCUT2D eigenvalue weighted by Crippen LogP contribution is 2.21. The zero-order chi connectivity index (χ0) is 12.4. The van der Waals surface area contributed by atoms with Crippen molar-refractivity contribution in [3.63, 3.8) is 0 Å². The molecule has 1 aromatic rings. The van der Waals surface area contributed by atoms with Crippen LogP contribution in [0.1, 0.15) is 19.4 Å². The minimum absolute atomic E-state index is 0.127. The van der Waals surface area contributed by atoms with E-state index >= 15 is 0 Å². The van der Waals surface area contributed by atoms with Crippen LogP contribution in [0.5, 0.6) is 0 Å². The zero-order valence-corrected chi connectivity index (χ0v) is 10.2. The maximum absolute atomic E-state index is 13.4. The molecule has 0 aliphatic heterocycles. The summed E-state index contributed by atoms with van der Waals surface area (Å²) in [6.07, 6.45) is 0. The molecule has 0 spiro atoms. The summed E-state index contributed by atoms with van der Waals surface area (Å²) in [6, 6.07) is 6.42. The van der Waals surface area contributed by atoms with Gasteiger partial charge in [-0.3, -0.25) is 0 Å². The highest BCUT2D eigenvalue weighted by atomic mass is 32.2. The van der Waals surface area contributed by atoms with Crippen molar-refractivity contribution in [2.24, 2.45) is 5.73 Å². The number of hydrogen-bond acceptors (Lipinski definition) is 3. The Bertz CT molecular complexity index is 463. The van der Waals surface area contributed by atoms with E-state index in [-0.39, 0.29) is 11.4 Å². The Morgan fingerprint density at radius 1 is 1.31 bits per heavy atom. The molecule has 5 heteroatoms. The largest absolute Gasteiger partial charge is 0.326 e. The van der Waals surface area contributed by atoms with Crippen LogP contribution in [0.3, 0.4) is 0 Å². The predicted octanol–water partition coefficient (Wildman–Crippen LogP) is 1.67. The molecule has 16 heavy (non-hydrogen) atoms. The van der Waals surface area contributed by atoms with Crippen molar-refractivity contribution < 1.29 is 12.8 Å². The van der Waals surface area contributed by atoms with E-state index in [4.69, 9.17) is 5.73 Å². The molecule has 0 fully saturated rings. The molecule has 3 nitrogen and oxygen atoms in total. The summed E-state index contributed by atoms with van der Waals surface area (Å²) < 4.78 is 37.3. The molecule has 0 aromatic heterocycles. The number of halogens is 1. The molecule has 0 aliphatic carbocycles. The van der Waals surface area contributed by atoms with Gasteiger partial charge >= 0.3 is 0 Å². The van der Waals surface area contributed by atoms with Crippen molar-refractivity contribution in [1.82, 2.24) is 0 Å². The van der Waals surface area contributed by atoms with E-state index in [1.54, 1.807) is 18.2 Å². The third-order valence-corrected chi connectivity index (χ3v) is 4.20. The highest BCUT2D eigenvalue weighted by molar-refractivity contribution is 7.91. The van der Waals surface area contributed by atoms with Gasteiger partial charge in [-0.15, -0.1) is 0 Å². The van der Waals surface area contributed by atoms with Crippen LogP contribution in [0.2, 0.25) is 0 Å². The Balaban J connectivity index is 3.17. The molecule has 0 heterocycles. The maximum atomic E-state index is 13.4. The van der Waals surface area contributed by atoms with Crippen molar-refractivity contribution in [1.29, 1.82) is 0 Å². The molecule has 0 atom stereocenters. The first-order chi connectivity index (χ1) is 7.26. The Morgan fingerprint density at radius 2 is 1.88 bits per heavy atom. The first kappa shape index (κ1) is 13.1. The van der Waals surface area contributed by atoms with Gasteiger partial charge in [0.05, 0.1) is 10.6 Å². The number of hydrogen-bond donors (Lipinski definition) is 1. The van der Waals surface area contributed by atoms with Gasteiger partial charge in [-0.1, -0.05) is 18.2 Å². The van der Waals surface area contributed by atoms with Gasteiger partial charge in [-0.05, 0) is 25.5 Å². The van der Waals surface area contributed by atoms with Gasteiger partial charge in [0.2, 0.25) is 0 Å². The minimum atomic E-state index is -3.62. The summed E-state index contributed by atoms with van der Waals surface area (Å²) in [5, 5.41) is 0. The fraction of sp³-hybridized carbons (Fsp3) is 0.455. The van der Waals surface area contributed by atoms with Crippen molar-refractivity contribution in [3.05, 3.63) is 29.8 Å². The van der Waals surface area contributed by atoms with Crippen molar-refractivity contribution >= 4 is 9.84 Å². The summed E-state index contributed by atoms with van der Waals surface area (Å²) in [6.45, 7) is 2.62. The van der Waals surface area contributed by atoms with Gasteiger partial charge in [0.1, 0.15) is 5.67 Å². The molecule has 0 amide bonds. The Labute approximate surface area is 95.4 Å². The van der Waals surface area contributed by atoms with Crippen LogP contribution in [-0.2, 0) is 16.4 Å². The second kappa shape index (κ2) is 4.51. The predicted molar refractivity (Wildman–Crippen MR) is 61.6 cm³/mol. The van der Waals surface area contributed by atoms with Crippen LogP contribution in [0, 0.1) is 0 Å². The molecule has 0 saturated carbocycles. The molecule has 2 N–H and O–H groups in total. The lowest BCUT2D eigenvalue weighted by Gasteiger charge is -2.15. The molecule has 0 radical (unpaired) electrons. The zero-order valence-electron chi connectivity index (χ0n) is 9.40. The normalized spacial score (nSPS) is 12.8. The second-order valence-corrected chi connectivity index (χ2v) is 6.25. The first-order valence-corrected chi connectivity index (χ1v) is 6.61. The monoisotopic (exact) mass is 245 g/mol. The number of sulfone groups is 1. The minimum Gasteiger partial charge on any atom is -0.326 e. The van der Waals surface area contributed by atoms with Gasteiger partial charge in [-0.2, -0.15) is 0 Å². The molecule has 0 saturated heterocycles. The Morgan fingerprint density at radius 3 is 2.38 bits per heavy atom. The Kier molecular flexibility index (Phi) is 3.70. The summed E-state index contributed by atoms with van der Waals surface area (Å²) >= 11 is 0. The maximum Gasteiger partial charge on any atom is 0.181 e.